The number of hydrogen-bond donors (Lipinski definition) is 2. The zero-order valence-electron chi connectivity index (χ0n) is 11.3. The minimum absolute atomic E-state index is 0.0814. The monoisotopic (exact) mass is 256 g/mol. The third-order valence-electron chi connectivity index (χ3n) is 4.25. The Kier molecular flexibility index (Phi) is 5.14. The van der Waals surface area contributed by atoms with Gasteiger partial charge in [0.1, 0.15) is 6.04 Å². The molecule has 5 nitrogen and oxygen atoms in total. The maximum Gasteiger partial charge on any atom is 0.326 e. The molecule has 1 atom stereocenters. The van der Waals surface area contributed by atoms with Crippen molar-refractivity contribution >= 4 is 11.9 Å². The van der Waals surface area contributed by atoms with Gasteiger partial charge in [0.15, 0.2) is 0 Å². The minimum Gasteiger partial charge on any atom is -0.480 e. The van der Waals surface area contributed by atoms with Crippen molar-refractivity contribution in [1.29, 1.82) is 0 Å². The number of nitrogens with two attached hydrogens (primary N) is 1. The summed E-state index contributed by atoms with van der Waals surface area (Å²) in [4.78, 5) is 25.4. The number of carboxylic acid groups (broad SMARTS) is 1. The summed E-state index contributed by atoms with van der Waals surface area (Å²) in [5.74, 6) is -0.983. The average molecular weight is 256 g/mol. The summed E-state index contributed by atoms with van der Waals surface area (Å²) in [6.07, 6.45) is 3.61. The molecule has 0 aliphatic carbocycles. The molecule has 104 valence electrons. The SMILES string of the molecule is CCC(CC)(CN)C(=O)N1CCCCC1C(=O)O. The fourth-order valence-electron chi connectivity index (χ4n) is 2.66. The third kappa shape index (κ3) is 2.66. The van der Waals surface area contributed by atoms with E-state index in [1.54, 1.807) is 0 Å². The van der Waals surface area contributed by atoms with Gasteiger partial charge in [0.2, 0.25) is 5.91 Å². The Balaban J connectivity index is 2.95. The van der Waals surface area contributed by atoms with Crippen molar-refractivity contribution in [2.75, 3.05) is 13.1 Å². The molecule has 0 aromatic heterocycles. The topological polar surface area (TPSA) is 83.6 Å². The molecule has 1 heterocycles. The number of aliphatic carboxylic acids is 1. The number of carbonyl (C=O) groups excluding carboxylic acids is 1. The van der Waals surface area contributed by atoms with Crippen molar-refractivity contribution in [2.45, 2.75) is 52.0 Å². The van der Waals surface area contributed by atoms with Gasteiger partial charge in [0, 0.05) is 13.1 Å². The van der Waals surface area contributed by atoms with Crippen molar-refractivity contribution < 1.29 is 14.7 Å². The molecule has 0 aromatic rings. The molecule has 0 spiro atoms. The van der Waals surface area contributed by atoms with Crippen LogP contribution in [0.5, 0.6) is 0 Å². The molecule has 5 heteroatoms. The molecule has 1 fully saturated rings. The van der Waals surface area contributed by atoms with E-state index in [1.807, 2.05) is 13.8 Å². The van der Waals surface area contributed by atoms with Gasteiger partial charge in [-0.1, -0.05) is 13.8 Å². The van der Waals surface area contributed by atoms with Gasteiger partial charge in [0.25, 0.3) is 0 Å². The highest BCUT2D eigenvalue weighted by molar-refractivity contribution is 5.88. The van der Waals surface area contributed by atoms with E-state index >= 15 is 0 Å². The molecule has 0 radical (unpaired) electrons. The van der Waals surface area contributed by atoms with E-state index in [2.05, 4.69) is 0 Å². The molecular weight excluding hydrogens is 232 g/mol. The van der Waals surface area contributed by atoms with E-state index in [9.17, 15) is 14.7 Å². The van der Waals surface area contributed by atoms with Gasteiger partial charge in [-0.25, -0.2) is 4.79 Å². The molecule has 1 rings (SSSR count). The van der Waals surface area contributed by atoms with Crippen LogP contribution in [0.25, 0.3) is 0 Å². The fourth-order valence-corrected chi connectivity index (χ4v) is 2.66. The number of rotatable bonds is 5. The third-order valence-corrected chi connectivity index (χ3v) is 4.25. The van der Waals surface area contributed by atoms with Crippen LogP contribution in [0.4, 0.5) is 0 Å². The number of nitrogens with zero attached hydrogens (tertiary/aromatic N) is 1. The number of carboxylic acids is 1. The first-order valence-corrected chi connectivity index (χ1v) is 6.76. The summed E-state index contributed by atoms with van der Waals surface area (Å²) < 4.78 is 0. The van der Waals surface area contributed by atoms with E-state index in [0.29, 0.717) is 25.8 Å². The molecule has 0 bridgehead atoms. The molecule has 1 aliphatic heterocycles. The summed E-state index contributed by atoms with van der Waals surface area (Å²) in [7, 11) is 0. The van der Waals surface area contributed by atoms with E-state index < -0.39 is 17.4 Å². The molecular formula is C13H24N2O3. The molecule has 1 saturated heterocycles. The van der Waals surface area contributed by atoms with Crippen molar-refractivity contribution in [3.8, 4) is 0 Å². The second kappa shape index (κ2) is 6.18. The lowest BCUT2D eigenvalue weighted by atomic mass is 9.80. The van der Waals surface area contributed by atoms with Crippen LogP contribution in [0.15, 0.2) is 0 Å². The smallest absolute Gasteiger partial charge is 0.326 e. The largest absolute Gasteiger partial charge is 0.480 e. The predicted octanol–water partition coefficient (Wildman–Crippen LogP) is 1.22. The Morgan fingerprint density at radius 1 is 1.33 bits per heavy atom. The fraction of sp³-hybridized carbons (Fsp3) is 0.846. The summed E-state index contributed by atoms with van der Waals surface area (Å²) in [6.45, 7) is 4.70. The second-order valence-corrected chi connectivity index (χ2v) is 5.04. The van der Waals surface area contributed by atoms with Gasteiger partial charge in [-0.15, -0.1) is 0 Å². The number of carbonyl (C=O) groups is 2. The van der Waals surface area contributed by atoms with Gasteiger partial charge in [0.05, 0.1) is 5.41 Å². The van der Waals surface area contributed by atoms with Gasteiger partial charge >= 0.3 is 5.97 Å². The van der Waals surface area contributed by atoms with E-state index in [0.717, 1.165) is 12.8 Å². The highest BCUT2D eigenvalue weighted by atomic mass is 16.4. The van der Waals surface area contributed by atoms with Crippen molar-refractivity contribution in [1.82, 2.24) is 4.90 Å². The molecule has 0 aromatic carbocycles. The summed E-state index contributed by atoms with van der Waals surface area (Å²) >= 11 is 0. The van der Waals surface area contributed by atoms with Crippen LogP contribution >= 0.6 is 0 Å². The molecule has 0 saturated carbocycles. The number of amides is 1. The summed E-state index contributed by atoms with van der Waals surface area (Å²) in [5, 5.41) is 9.22. The quantitative estimate of drug-likeness (QED) is 0.774. The summed E-state index contributed by atoms with van der Waals surface area (Å²) in [5.41, 5.74) is 5.17. The lowest BCUT2D eigenvalue weighted by molar-refractivity contribution is -0.157. The van der Waals surface area contributed by atoms with E-state index in [1.165, 1.54) is 4.90 Å². The van der Waals surface area contributed by atoms with Crippen LogP contribution in [-0.2, 0) is 9.59 Å². The molecule has 3 N–H and O–H groups in total. The molecule has 1 amide bonds. The van der Waals surface area contributed by atoms with Crippen LogP contribution in [0.2, 0.25) is 0 Å². The van der Waals surface area contributed by atoms with Crippen LogP contribution < -0.4 is 5.73 Å². The highest BCUT2D eigenvalue weighted by Crippen LogP contribution is 2.31. The van der Waals surface area contributed by atoms with Crippen LogP contribution in [0.3, 0.4) is 0 Å². The Hall–Kier alpha value is -1.10. The minimum atomic E-state index is -0.902. The van der Waals surface area contributed by atoms with Crippen molar-refractivity contribution in [3.05, 3.63) is 0 Å². The van der Waals surface area contributed by atoms with Crippen LogP contribution in [0.1, 0.15) is 46.0 Å². The summed E-state index contributed by atoms with van der Waals surface area (Å²) in [6, 6.07) is -0.671. The van der Waals surface area contributed by atoms with E-state index in [4.69, 9.17) is 5.73 Å². The molecule has 1 aliphatic rings. The predicted molar refractivity (Wildman–Crippen MR) is 69.1 cm³/mol. The zero-order chi connectivity index (χ0) is 13.8. The van der Waals surface area contributed by atoms with Crippen molar-refractivity contribution in [3.63, 3.8) is 0 Å². The maximum atomic E-state index is 12.6. The van der Waals surface area contributed by atoms with Crippen LogP contribution in [-0.4, -0.2) is 41.0 Å². The maximum absolute atomic E-state index is 12.6. The highest BCUT2D eigenvalue weighted by Gasteiger charge is 2.41. The normalized spacial score (nSPS) is 20.8. The first-order chi connectivity index (χ1) is 8.52. The van der Waals surface area contributed by atoms with Gasteiger partial charge in [-0.3, -0.25) is 4.79 Å². The van der Waals surface area contributed by atoms with Crippen molar-refractivity contribution in [2.24, 2.45) is 11.1 Å². The molecule has 18 heavy (non-hydrogen) atoms. The second-order valence-electron chi connectivity index (χ2n) is 5.04. The number of piperidine rings is 1. The first kappa shape index (κ1) is 15.0. The van der Waals surface area contributed by atoms with Gasteiger partial charge < -0.3 is 15.7 Å². The lowest BCUT2D eigenvalue weighted by Crippen LogP contribution is -2.55. The first-order valence-electron chi connectivity index (χ1n) is 6.76. The number of hydrogen-bond acceptors (Lipinski definition) is 3. The Bertz CT molecular complexity index is 305. The van der Waals surface area contributed by atoms with Gasteiger partial charge in [-0.2, -0.15) is 0 Å². The Morgan fingerprint density at radius 3 is 2.39 bits per heavy atom. The lowest BCUT2D eigenvalue weighted by Gasteiger charge is -2.40. The Labute approximate surface area is 108 Å². The van der Waals surface area contributed by atoms with E-state index in [-0.39, 0.29) is 12.5 Å². The Morgan fingerprint density at radius 2 is 1.94 bits per heavy atom. The standard InChI is InChI=1S/C13H24N2O3/c1-3-13(4-2,9-14)12(18)15-8-6-5-7-10(15)11(16)17/h10H,3-9,14H2,1-2H3,(H,16,17). The van der Waals surface area contributed by atoms with Gasteiger partial charge in [-0.05, 0) is 32.1 Å². The average Bonchev–Trinajstić information content (AvgIpc) is 2.41. The van der Waals surface area contributed by atoms with Crippen LogP contribution in [0, 0.1) is 5.41 Å². The number of likely N-dealkylation sites (tertiary alicyclic amines) is 1. The zero-order valence-corrected chi connectivity index (χ0v) is 11.3. The molecule has 1 unspecified atom stereocenters.